The molecular formula is C16H22ClN5O3. The van der Waals surface area contributed by atoms with E-state index in [4.69, 9.17) is 5.73 Å². The van der Waals surface area contributed by atoms with Gasteiger partial charge in [0.15, 0.2) is 5.69 Å². The van der Waals surface area contributed by atoms with Crippen LogP contribution in [0.5, 0.6) is 0 Å². The first-order valence-electron chi connectivity index (χ1n) is 7.60. The summed E-state index contributed by atoms with van der Waals surface area (Å²) in [6.07, 6.45) is 1.63. The number of hydrogen-bond acceptors (Lipinski definition) is 5. The van der Waals surface area contributed by atoms with Gasteiger partial charge in [0, 0.05) is 24.9 Å². The second-order valence-electron chi connectivity index (χ2n) is 6.15. The molecular weight excluding hydrogens is 346 g/mol. The number of benzene rings is 1. The number of carbonyl (C=O) groups is 1. The van der Waals surface area contributed by atoms with Crippen molar-refractivity contribution in [2.24, 2.45) is 11.7 Å². The molecule has 0 saturated heterocycles. The Morgan fingerprint density at radius 3 is 2.44 bits per heavy atom. The minimum Gasteiger partial charge on any atom is -0.344 e. The Kier molecular flexibility index (Phi) is 6.66. The highest BCUT2D eigenvalue weighted by Gasteiger charge is 2.29. The lowest BCUT2D eigenvalue weighted by Gasteiger charge is -2.33. The molecule has 0 spiro atoms. The Morgan fingerprint density at radius 1 is 1.36 bits per heavy atom. The molecule has 1 unspecified atom stereocenters. The first kappa shape index (κ1) is 20.6. The van der Waals surface area contributed by atoms with E-state index in [1.54, 1.807) is 24.4 Å². The van der Waals surface area contributed by atoms with Gasteiger partial charge in [0.05, 0.1) is 16.1 Å². The molecule has 136 valence electrons. The number of nitro groups is 1. The van der Waals surface area contributed by atoms with E-state index in [-0.39, 0.29) is 35.6 Å². The molecule has 0 aliphatic heterocycles. The first-order valence-corrected chi connectivity index (χ1v) is 7.60. The molecule has 0 bridgehead atoms. The predicted octanol–water partition coefficient (Wildman–Crippen LogP) is 2.31. The zero-order valence-corrected chi connectivity index (χ0v) is 15.1. The van der Waals surface area contributed by atoms with Crippen LogP contribution >= 0.6 is 12.4 Å². The monoisotopic (exact) mass is 367 g/mol. The number of nitrogens with one attached hydrogen (secondary N) is 1. The molecule has 0 radical (unpaired) electrons. The van der Waals surface area contributed by atoms with E-state index < -0.39 is 10.5 Å². The Labute approximate surface area is 152 Å². The third kappa shape index (κ3) is 4.55. The number of hydrogen-bond donors (Lipinski definition) is 2. The van der Waals surface area contributed by atoms with Gasteiger partial charge in [0.2, 0.25) is 0 Å². The number of amides is 1. The van der Waals surface area contributed by atoms with E-state index in [9.17, 15) is 14.9 Å². The molecule has 1 aromatic carbocycles. The van der Waals surface area contributed by atoms with Gasteiger partial charge in [-0.3, -0.25) is 14.9 Å². The van der Waals surface area contributed by atoms with Crippen LogP contribution < -0.4 is 11.1 Å². The summed E-state index contributed by atoms with van der Waals surface area (Å²) >= 11 is 0. The molecule has 9 heteroatoms. The highest BCUT2D eigenvalue weighted by atomic mass is 35.5. The summed E-state index contributed by atoms with van der Waals surface area (Å²) in [5.74, 6) is -0.138. The van der Waals surface area contributed by atoms with Crippen molar-refractivity contribution >= 4 is 24.0 Å². The van der Waals surface area contributed by atoms with Crippen LogP contribution in [0.3, 0.4) is 0 Å². The third-order valence-corrected chi connectivity index (χ3v) is 4.24. The topological polar surface area (TPSA) is 116 Å². The van der Waals surface area contributed by atoms with Gasteiger partial charge in [-0.2, -0.15) is 5.10 Å². The molecule has 25 heavy (non-hydrogen) atoms. The maximum atomic E-state index is 12.4. The Morgan fingerprint density at radius 2 is 1.96 bits per heavy atom. The second kappa shape index (κ2) is 8.09. The van der Waals surface area contributed by atoms with Gasteiger partial charge in [-0.15, -0.1) is 12.4 Å². The maximum absolute atomic E-state index is 12.4. The van der Waals surface area contributed by atoms with Crippen LogP contribution in [0.2, 0.25) is 0 Å². The summed E-state index contributed by atoms with van der Waals surface area (Å²) in [7, 11) is 0. The molecule has 3 N–H and O–H groups in total. The van der Waals surface area contributed by atoms with Crippen LogP contribution in [0, 0.1) is 16.0 Å². The van der Waals surface area contributed by atoms with Crippen molar-refractivity contribution in [3.8, 4) is 5.69 Å². The lowest BCUT2D eigenvalue weighted by Crippen LogP contribution is -2.55. The number of nitrogens with two attached hydrogens (primary N) is 1. The zero-order chi connectivity index (χ0) is 17.9. The smallest absolute Gasteiger partial charge is 0.272 e. The van der Waals surface area contributed by atoms with Gasteiger partial charge in [-0.1, -0.05) is 13.8 Å². The quantitative estimate of drug-likeness (QED) is 0.600. The van der Waals surface area contributed by atoms with Crippen LogP contribution in [0.25, 0.3) is 5.69 Å². The lowest BCUT2D eigenvalue weighted by atomic mass is 9.88. The zero-order valence-electron chi connectivity index (χ0n) is 14.3. The highest BCUT2D eigenvalue weighted by molar-refractivity contribution is 5.92. The summed E-state index contributed by atoms with van der Waals surface area (Å²) in [6, 6.07) is 7.52. The summed E-state index contributed by atoms with van der Waals surface area (Å²) < 4.78 is 1.49. The molecule has 2 rings (SSSR count). The van der Waals surface area contributed by atoms with Crippen LogP contribution in [0.1, 0.15) is 31.3 Å². The number of nitro benzene ring substituents is 1. The van der Waals surface area contributed by atoms with E-state index >= 15 is 0 Å². The fraction of sp³-hybridized carbons (Fsp3) is 0.375. The second-order valence-corrected chi connectivity index (χ2v) is 6.15. The molecule has 1 amide bonds. The normalized spacial score (nSPS) is 13.0. The molecule has 0 saturated carbocycles. The number of rotatable bonds is 6. The average molecular weight is 368 g/mol. The van der Waals surface area contributed by atoms with Crippen molar-refractivity contribution < 1.29 is 9.72 Å². The highest BCUT2D eigenvalue weighted by Crippen LogP contribution is 2.17. The fourth-order valence-electron chi connectivity index (χ4n) is 2.07. The Balaban J connectivity index is 0.00000312. The Hall–Kier alpha value is -2.45. The Bertz CT molecular complexity index is 744. The molecule has 2 aromatic rings. The SMILES string of the molecule is CC(C)C(C)(CN)NC(=O)c1ccn(-c2ccc([N+](=O)[O-])cc2)n1.Cl. The summed E-state index contributed by atoms with van der Waals surface area (Å²) in [4.78, 5) is 22.6. The van der Waals surface area contributed by atoms with E-state index in [1.807, 2.05) is 20.8 Å². The van der Waals surface area contributed by atoms with Crippen LogP contribution in [-0.2, 0) is 0 Å². The van der Waals surface area contributed by atoms with Crippen molar-refractivity contribution in [3.05, 3.63) is 52.3 Å². The van der Waals surface area contributed by atoms with Gasteiger partial charge in [-0.05, 0) is 31.0 Å². The van der Waals surface area contributed by atoms with Crippen molar-refractivity contribution in [1.82, 2.24) is 15.1 Å². The first-order chi connectivity index (χ1) is 11.3. The lowest BCUT2D eigenvalue weighted by molar-refractivity contribution is -0.384. The molecule has 8 nitrogen and oxygen atoms in total. The van der Waals surface area contributed by atoms with E-state index in [1.165, 1.54) is 16.8 Å². The molecule has 0 fully saturated rings. The van der Waals surface area contributed by atoms with Gasteiger partial charge < -0.3 is 11.1 Å². The van der Waals surface area contributed by atoms with Crippen LogP contribution in [-0.4, -0.2) is 32.7 Å². The standard InChI is InChI=1S/C16H21N5O3.ClH/c1-11(2)16(3,10-17)18-15(22)14-8-9-20(19-14)12-4-6-13(7-5-12)21(23)24;/h4-9,11H,10,17H2,1-3H3,(H,18,22);1H. The average Bonchev–Trinajstić information content (AvgIpc) is 3.04. The van der Waals surface area contributed by atoms with Crippen molar-refractivity contribution in [1.29, 1.82) is 0 Å². The molecule has 1 heterocycles. The van der Waals surface area contributed by atoms with Crippen molar-refractivity contribution in [3.63, 3.8) is 0 Å². The fourth-order valence-corrected chi connectivity index (χ4v) is 2.07. The number of aromatic nitrogens is 2. The minimum absolute atomic E-state index is 0. The van der Waals surface area contributed by atoms with Crippen LogP contribution in [0.15, 0.2) is 36.5 Å². The van der Waals surface area contributed by atoms with Crippen LogP contribution in [0.4, 0.5) is 5.69 Å². The number of carbonyl (C=O) groups excluding carboxylic acids is 1. The van der Waals surface area contributed by atoms with E-state index in [2.05, 4.69) is 10.4 Å². The molecule has 0 aliphatic carbocycles. The van der Waals surface area contributed by atoms with Gasteiger partial charge in [0.25, 0.3) is 11.6 Å². The number of nitrogens with zero attached hydrogens (tertiary/aromatic N) is 3. The third-order valence-electron chi connectivity index (χ3n) is 4.24. The van der Waals surface area contributed by atoms with Crippen molar-refractivity contribution in [2.75, 3.05) is 6.54 Å². The maximum Gasteiger partial charge on any atom is 0.272 e. The predicted molar refractivity (Wildman–Crippen MR) is 97.2 cm³/mol. The molecule has 0 aliphatic rings. The number of halogens is 1. The van der Waals surface area contributed by atoms with E-state index in [0.29, 0.717) is 12.2 Å². The van der Waals surface area contributed by atoms with E-state index in [0.717, 1.165) is 0 Å². The number of non-ortho nitro benzene ring substituents is 1. The summed E-state index contributed by atoms with van der Waals surface area (Å²) in [6.45, 7) is 6.19. The minimum atomic E-state index is -0.520. The molecule has 1 atom stereocenters. The van der Waals surface area contributed by atoms with Crippen molar-refractivity contribution in [2.45, 2.75) is 26.3 Å². The molecule has 1 aromatic heterocycles. The largest absolute Gasteiger partial charge is 0.344 e. The summed E-state index contributed by atoms with van der Waals surface area (Å²) in [5, 5.41) is 17.8. The van der Waals surface area contributed by atoms with Gasteiger partial charge in [0.1, 0.15) is 0 Å². The van der Waals surface area contributed by atoms with Gasteiger partial charge >= 0.3 is 0 Å². The summed E-state index contributed by atoms with van der Waals surface area (Å²) in [5.41, 5.74) is 6.14. The van der Waals surface area contributed by atoms with Gasteiger partial charge in [-0.25, -0.2) is 4.68 Å².